The van der Waals surface area contributed by atoms with Crippen molar-refractivity contribution >= 4 is 23.2 Å². The number of carbonyl (C=O) groups excluding carboxylic acids is 1. The highest BCUT2D eigenvalue weighted by atomic mass is 35.5. The normalized spacial score (nSPS) is 13.1. The van der Waals surface area contributed by atoms with E-state index >= 15 is 0 Å². The second-order valence-corrected chi connectivity index (χ2v) is 7.05. The quantitative estimate of drug-likeness (QED) is 0.685. The van der Waals surface area contributed by atoms with Crippen molar-refractivity contribution in [2.24, 2.45) is 0 Å². The molecule has 144 valence electrons. The summed E-state index contributed by atoms with van der Waals surface area (Å²) < 4.78 is 7.57. The number of nitrogens with one attached hydrogen (secondary N) is 1. The first-order valence-corrected chi connectivity index (χ1v) is 9.79. The Morgan fingerprint density at radius 1 is 1.25 bits per heavy atom. The van der Waals surface area contributed by atoms with Gasteiger partial charge in [-0.3, -0.25) is 4.79 Å². The lowest BCUT2D eigenvalue weighted by molar-refractivity contribution is 0.102. The van der Waals surface area contributed by atoms with Crippen LogP contribution in [0.1, 0.15) is 36.1 Å². The van der Waals surface area contributed by atoms with E-state index in [1.165, 1.54) is 12.8 Å². The van der Waals surface area contributed by atoms with Crippen LogP contribution in [0.2, 0.25) is 5.02 Å². The van der Waals surface area contributed by atoms with E-state index in [-0.39, 0.29) is 16.6 Å². The van der Waals surface area contributed by atoms with Crippen molar-refractivity contribution in [2.75, 3.05) is 11.9 Å². The fourth-order valence-corrected chi connectivity index (χ4v) is 3.50. The molecule has 1 aliphatic heterocycles. The molecule has 0 saturated heterocycles. The van der Waals surface area contributed by atoms with E-state index in [2.05, 4.69) is 21.1 Å². The Kier molecular flexibility index (Phi) is 5.30. The minimum Gasteiger partial charge on any atom is -0.478 e. The van der Waals surface area contributed by atoms with E-state index in [0.717, 1.165) is 30.0 Å². The molecule has 0 bridgehead atoms. The molecule has 7 heteroatoms. The molecule has 0 aliphatic carbocycles. The number of fused-ring (bicyclic) bond motifs is 1. The van der Waals surface area contributed by atoms with Crippen LogP contribution in [0.5, 0.6) is 5.88 Å². The van der Waals surface area contributed by atoms with Gasteiger partial charge in [-0.25, -0.2) is 9.97 Å². The molecule has 3 heterocycles. The zero-order chi connectivity index (χ0) is 19.5. The molecule has 6 nitrogen and oxygen atoms in total. The van der Waals surface area contributed by atoms with Crippen LogP contribution >= 0.6 is 11.6 Å². The first-order valence-electron chi connectivity index (χ1n) is 9.41. The molecule has 1 amide bonds. The number of hydrogen-bond donors (Lipinski definition) is 1. The van der Waals surface area contributed by atoms with Crippen LogP contribution in [-0.2, 0) is 13.0 Å². The Labute approximate surface area is 168 Å². The Balaban J connectivity index is 1.56. The Morgan fingerprint density at radius 3 is 2.96 bits per heavy atom. The van der Waals surface area contributed by atoms with Crippen LogP contribution < -0.4 is 10.1 Å². The highest BCUT2D eigenvalue weighted by Gasteiger charge is 2.16. The number of pyridine rings is 1. The number of carbonyl (C=O) groups is 1. The maximum atomic E-state index is 12.7. The third-order valence-electron chi connectivity index (χ3n) is 4.65. The van der Waals surface area contributed by atoms with Gasteiger partial charge in [0.15, 0.2) is 5.69 Å². The number of amides is 1. The molecular formula is C21H21ClN4O2. The number of nitrogens with zero attached hydrogens (tertiary/aromatic N) is 3. The predicted molar refractivity (Wildman–Crippen MR) is 109 cm³/mol. The molecule has 0 unspecified atom stereocenters. The third-order valence-corrected chi connectivity index (χ3v) is 4.96. The number of anilines is 1. The number of ether oxygens (including phenoxy) is 1. The summed E-state index contributed by atoms with van der Waals surface area (Å²) >= 11 is 6.15. The minimum absolute atomic E-state index is 0.135. The van der Waals surface area contributed by atoms with Crippen LogP contribution in [0.3, 0.4) is 0 Å². The second kappa shape index (κ2) is 8.02. The molecule has 0 spiro atoms. The fourth-order valence-electron chi connectivity index (χ4n) is 3.31. The van der Waals surface area contributed by atoms with Crippen molar-refractivity contribution in [2.45, 2.75) is 32.7 Å². The summed E-state index contributed by atoms with van der Waals surface area (Å²) in [5.74, 6) is 1.11. The summed E-state index contributed by atoms with van der Waals surface area (Å²) in [6, 6.07) is 10.9. The number of aromatic nitrogens is 3. The van der Waals surface area contributed by atoms with Crippen molar-refractivity contribution in [1.29, 1.82) is 0 Å². The van der Waals surface area contributed by atoms with E-state index in [9.17, 15) is 4.79 Å². The lowest BCUT2D eigenvalue weighted by Gasteiger charge is -2.11. The largest absolute Gasteiger partial charge is 0.478 e. The van der Waals surface area contributed by atoms with Crippen LogP contribution in [-0.4, -0.2) is 27.0 Å². The standard InChI is InChI=1S/C21H21ClN4O2/c1-2-28-19-10-9-16(22)20(25-19)21(27)23-15-7-5-6-14(12-15)17-13-26-11-4-3-8-18(26)24-17/h5-7,9-10,12-13H,2-4,8,11H2,1H3,(H,23,27). The number of aryl methyl sites for hydroxylation is 2. The number of benzene rings is 1. The highest BCUT2D eigenvalue weighted by Crippen LogP contribution is 2.26. The molecule has 1 N–H and O–H groups in total. The van der Waals surface area contributed by atoms with Gasteiger partial charge in [-0.05, 0) is 38.0 Å². The Hall–Kier alpha value is -2.86. The van der Waals surface area contributed by atoms with E-state index < -0.39 is 0 Å². The molecule has 0 radical (unpaired) electrons. The minimum atomic E-state index is -0.382. The summed E-state index contributed by atoms with van der Waals surface area (Å²) in [5.41, 5.74) is 2.67. The van der Waals surface area contributed by atoms with Gasteiger partial charge in [0, 0.05) is 36.5 Å². The van der Waals surface area contributed by atoms with Crippen LogP contribution in [0.15, 0.2) is 42.6 Å². The van der Waals surface area contributed by atoms with E-state index in [1.54, 1.807) is 12.1 Å². The SMILES string of the molecule is CCOc1ccc(Cl)c(C(=O)Nc2cccc(-c3cn4c(n3)CCCC4)c2)n1. The maximum Gasteiger partial charge on any atom is 0.275 e. The zero-order valence-electron chi connectivity index (χ0n) is 15.6. The average molecular weight is 397 g/mol. The molecule has 1 aliphatic rings. The van der Waals surface area contributed by atoms with Crippen molar-refractivity contribution in [3.8, 4) is 17.1 Å². The van der Waals surface area contributed by atoms with Crippen molar-refractivity contribution in [1.82, 2.24) is 14.5 Å². The monoisotopic (exact) mass is 396 g/mol. The average Bonchev–Trinajstić information content (AvgIpc) is 3.14. The van der Waals surface area contributed by atoms with Gasteiger partial charge < -0.3 is 14.6 Å². The highest BCUT2D eigenvalue weighted by molar-refractivity contribution is 6.34. The maximum absolute atomic E-state index is 12.7. The van der Waals surface area contributed by atoms with Gasteiger partial charge in [-0.1, -0.05) is 23.7 Å². The number of imidazole rings is 1. The van der Waals surface area contributed by atoms with Crippen molar-refractivity contribution < 1.29 is 9.53 Å². The second-order valence-electron chi connectivity index (χ2n) is 6.64. The third kappa shape index (κ3) is 3.87. The predicted octanol–water partition coefficient (Wildman–Crippen LogP) is 4.59. The Bertz CT molecular complexity index is 992. The molecule has 4 rings (SSSR count). The van der Waals surface area contributed by atoms with Crippen LogP contribution in [0, 0.1) is 0 Å². The van der Waals surface area contributed by atoms with Crippen LogP contribution in [0.4, 0.5) is 5.69 Å². The molecular weight excluding hydrogens is 376 g/mol. The van der Waals surface area contributed by atoms with E-state index in [1.807, 2.05) is 31.2 Å². The Morgan fingerprint density at radius 2 is 2.14 bits per heavy atom. The van der Waals surface area contributed by atoms with Gasteiger partial charge >= 0.3 is 0 Å². The van der Waals surface area contributed by atoms with Gasteiger partial charge in [-0.2, -0.15) is 0 Å². The summed E-state index contributed by atoms with van der Waals surface area (Å²) in [6.45, 7) is 3.33. The lowest BCUT2D eigenvalue weighted by Crippen LogP contribution is -2.15. The van der Waals surface area contributed by atoms with Gasteiger partial charge in [0.1, 0.15) is 5.82 Å². The van der Waals surface area contributed by atoms with Gasteiger partial charge in [0.2, 0.25) is 5.88 Å². The molecule has 3 aromatic rings. The first kappa shape index (κ1) is 18.5. The van der Waals surface area contributed by atoms with E-state index in [0.29, 0.717) is 18.2 Å². The summed E-state index contributed by atoms with van der Waals surface area (Å²) in [5, 5.41) is 3.14. The summed E-state index contributed by atoms with van der Waals surface area (Å²) in [4.78, 5) is 21.6. The molecule has 0 atom stereocenters. The summed E-state index contributed by atoms with van der Waals surface area (Å²) in [6.07, 6.45) is 5.46. The van der Waals surface area contributed by atoms with Crippen molar-refractivity contribution in [3.05, 3.63) is 59.1 Å². The zero-order valence-corrected chi connectivity index (χ0v) is 16.4. The lowest BCUT2D eigenvalue weighted by atomic mass is 10.1. The molecule has 28 heavy (non-hydrogen) atoms. The summed E-state index contributed by atoms with van der Waals surface area (Å²) in [7, 11) is 0. The molecule has 2 aromatic heterocycles. The smallest absolute Gasteiger partial charge is 0.275 e. The molecule has 0 saturated carbocycles. The molecule has 1 aromatic carbocycles. The van der Waals surface area contributed by atoms with Gasteiger partial charge in [-0.15, -0.1) is 0 Å². The number of halogens is 1. The topological polar surface area (TPSA) is 69.0 Å². The van der Waals surface area contributed by atoms with Crippen LogP contribution in [0.25, 0.3) is 11.3 Å². The van der Waals surface area contributed by atoms with Crippen molar-refractivity contribution in [3.63, 3.8) is 0 Å². The van der Waals surface area contributed by atoms with Gasteiger partial charge in [0.05, 0.1) is 17.3 Å². The first-order chi connectivity index (χ1) is 13.6. The van der Waals surface area contributed by atoms with Gasteiger partial charge in [0.25, 0.3) is 5.91 Å². The molecule has 0 fully saturated rings. The number of rotatable bonds is 5. The number of hydrogen-bond acceptors (Lipinski definition) is 4. The van der Waals surface area contributed by atoms with E-state index in [4.69, 9.17) is 21.3 Å². The fraction of sp³-hybridized carbons (Fsp3) is 0.286.